The van der Waals surface area contributed by atoms with Gasteiger partial charge in [-0.2, -0.15) is 0 Å². The van der Waals surface area contributed by atoms with Gasteiger partial charge in [0.05, 0.1) is 19.0 Å². The molecule has 0 fully saturated rings. The lowest BCUT2D eigenvalue weighted by Gasteiger charge is -2.21. The monoisotopic (exact) mass is 329 g/mol. The van der Waals surface area contributed by atoms with Crippen molar-refractivity contribution in [2.24, 2.45) is 0 Å². The van der Waals surface area contributed by atoms with Crippen LogP contribution in [0.15, 0.2) is 37.2 Å². The number of carbonyl (C=O) groups is 1. The molecule has 0 aromatic carbocycles. The lowest BCUT2D eigenvalue weighted by molar-refractivity contribution is -0.143. The first-order chi connectivity index (χ1) is 11.8. The van der Waals surface area contributed by atoms with Crippen molar-refractivity contribution in [1.29, 1.82) is 0 Å². The van der Waals surface area contributed by atoms with E-state index in [-0.39, 0.29) is 5.97 Å². The predicted molar refractivity (Wildman–Crippen MR) is 90.8 cm³/mol. The summed E-state index contributed by atoms with van der Waals surface area (Å²) in [5.74, 6) is 1.40. The van der Waals surface area contributed by atoms with Crippen molar-refractivity contribution in [3.05, 3.63) is 37.2 Å². The Labute approximate surface area is 142 Å². The van der Waals surface area contributed by atoms with E-state index in [1.54, 1.807) is 37.2 Å². The molecule has 0 spiro atoms. The lowest BCUT2D eigenvalue weighted by Crippen LogP contribution is -2.21. The molecule has 2 aromatic heterocycles. The minimum atomic E-state index is -0.113. The van der Waals surface area contributed by atoms with Gasteiger partial charge in [-0.3, -0.25) is 14.8 Å². The SMILES string of the molecule is CCOC(=O)CCCCCCN(c1cnccn1)c1cnccn1. The van der Waals surface area contributed by atoms with Crippen LogP contribution in [0, 0.1) is 0 Å². The highest BCUT2D eigenvalue weighted by molar-refractivity contribution is 5.69. The molecular formula is C17H23N5O2. The topological polar surface area (TPSA) is 81.1 Å². The summed E-state index contributed by atoms with van der Waals surface area (Å²) in [5, 5.41) is 0. The highest BCUT2D eigenvalue weighted by Crippen LogP contribution is 2.20. The molecule has 7 heteroatoms. The number of ether oxygens (including phenoxy) is 1. The number of unbranched alkanes of at least 4 members (excludes halogenated alkanes) is 3. The average molecular weight is 329 g/mol. The number of esters is 1. The van der Waals surface area contributed by atoms with Crippen molar-refractivity contribution in [2.45, 2.75) is 39.0 Å². The third kappa shape index (κ3) is 5.91. The number of hydrogen-bond donors (Lipinski definition) is 0. The molecular weight excluding hydrogens is 306 g/mol. The summed E-state index contributed by atoms with van der Waals surface area (Å²) < 4.78 is 4.92. The van der Waals surface area contributed by atoms with Crippen LogP contribution >= 0.6 is 0 Å². The summed E-state index contributed by atoms with van der Waals surface area (Å²) in [6.45, 7) is 3.05. The van der Waals surface area contributed by atoms with E-state index in [1.165, 1.54) is 0 Å². The molecule has 2 heterocycles. The Balaban J connectivity index is 1.81. The molecule has 24 heavy (non-hydrogen) atoms. The maximum absolute atomic E-state index is 11.3. The minimum absolute atomic E-state index is 0.113. The van der Waals surface area contributed by atoms with Crippen molar-refractivity contribution < 1.29 is 9.53 Å². The van der Waals surface area contributed by atoms with Gasteiger partial charge in [0.25, 0.3) is 0 Å². The molecule has 0 atom stereocenters. The van der Waals surface area contributed by atoms with Gasteiger partial charge in [-0.05, 0) is 19.8 Å². The summed E-state index contributed by atoms with van der Waals surface area (Å²) in [4.78, 5) is 30.2. The van der Waals surface area contributed by atoms with Gasteiger partial charge >= 0.3 is 5.97 Å². The van der Waals surface area contributed by atoms with E-state index in [0.717, 1.165) is 43.9 Å². The van der Waals surface area contributed by atoms with Crippen LogP contribution in [0.25, 0.3) is 0 Å². The number of anilines is 2. The molecule has 2 aromatic rings. The van der Waals surface area contributed by atoms with E-state index in [9.17, 15) is 4.79 Å². The van der Waals surface area contributed by atoms with Crippen molar-refractivity contribution >= 4 is 17.6 Å². The maximum atomic E-state index is 11.3. The first-order valence-electron chi connectivity index (χ1n) is 8.26. The van der Waals surface area contributed by atoms with Crippen LogP contribution < -0.4 is 4.90 Å². The van der Waals surface area contributed by atoms with Crippen molar-refractivity contribution in [2.75, 3.05) is 18.1 Å². The molecule has 0 N–H and O–H groups in total. The second kappa shape index (κ2) is 10.3. The molecule has 0 aliphatic heterocycles. The van der Waals surface area contributed by atoms with Crippen LogP contribution in [-0.2, 0) is 9.53 Å². The van der Waals surface area contributed by atoms with E-state index in [0.29, 0.717) is 13.0 Å². The number of rotatable bonds is 10. The van der Waals surface area contributed by atoms with Gasteiger partial charge in [-0.25, -0.2) is 9.97 Å². The molecule has 0 saturated heterocycles. The number of nitrogens with zero attached hydrogens (tertiary/aromatic N) is 5. The van der Waals surface area contributed by atoms with Gasteiger partial charge in [-0.15, -0.1) is 0 Å². The molecule has 2 rings (SSSR count). The highest BCUT2D eigenvalue weighted by atomic mass is 16.5. The van der Waals surface area contributed by atoms with Crippen LogP contribution in [-0.4, -0.2) is 39.1 Å². The minimum Gasteiger partial charge on any atom is -0.466 e. The largest absolute Gasteiger partial charge is 0.466 e. The normalized spacial score (nSPS) is 10.4. The quantitative estimate of drug-likeness (QED) is 0.489. The third-order valence-electron chi connectivity index (χ3n) is 3.47. The van der Waals surface area contributed by atoms with Gasteiger partial charge in [0.2, 0.25) is 0 Å². The van der Waals surface area contributed by atoms with Crippen LogP contribution in [0.2, 0.25) is 0 Å². The molecule has 128 valence electrons. The summed E-state index contributed by atoms with van der Waals surface area (Å²) in [7, 11) is 0. The molecule has 0 unspecified atom stereocenters. The standard InChI is InChI=1S/C17H23N5O2/c1-2-24-17(23)7-5-3-4-6-12-22(15-13-18-8-10-20-15)16-14-19-9-11-21-16/h8-11,13-14H,2-7,12H2,1H3. The Kier molecular flexibility index (Phi) is 7.59. The Bertz CT molecular complexity index is 555. The first kappa shape index (κ1) is 17.8. The number of hydrogen-bond acceptors (Lipinski definition) is 7. The molecule has 0 aliphatic rings. The summed E-state index contributed by atoms with van der Waals surface area (Å²) in [6, 6.07) is 0. The third-order valence-corrected chi connectivity index (χ3v) is 3.47. The van der Waals surface area contributed by atoms with Crippen molar-refractivity contribution in [1.82, 2.24) is 19.9 Å². The fourth-order valence-electron chi connectivity index (χ4n) is 2.33. The number of carbonyl (C=O) groups excluding carboxylic acids is 1. The summed E-state index contributed by atoms with van der Waals surface area (Å²) in [5.41, 5.74) is 0. The molecule has 7 nitrogen and oxygen atoms in total. The second-order valence-electron chi connectivity index (χ2n) is 5.25. The zero-order valence-corrected chi connectivity index (χ0v) is 14.0. The smallest absolute Gasteiger partial charge is 0.305 e. The fourth-order valence-corrected chi connectivity index (χ4v) is 2.33. The van der Waals surface area contributed by atoms with Crippen LogP contribution in [0.3, 0.4) is 0 Å². The Hall–Kier alpha value is -2.57. The van der Waals surface area contributed by atoms with Crippen molar-refractivity contribution in [3.8, 4) is 0 Å². The number of aromatic nitrogens is 4. The van der Waals surface area contributed by atoms with E-state index in [2.05, 4.69) is 19.9 Å². The van der Waals surface area contributed by atoms with E-state index in [4.69, 9.17) is 4.74 Å². The van der Waals surface area contributed by atoms with Crippen LogP contribution in [0.1, 0.15) is 39.0 Å². The van der Waals surface area contributed by atoms with Gasteiger partial charge in [0, 0.05) is 37.8 Å². The van der Waals surface area contributed by atoms with Gasteiger partial charge in [0.15, 0.2) is 11.6 Å². The first-order valence-corrected chi connectivity index (χ1v) is 8.26. The van der Waals surface area contributed by atoms with Crippen LogP contribution in [0.4, 0.5) is 11.6 Å². The van der Waals surface area contributed by atoms with E-state index < -0.39 is 0 Å². The zero-order valence-electron chi connectivity index (χ0n) is 14.0. The Morgan fingerprint density at radius 3 is 2.12 bits per heavy atom. The summed E-state index contributed by atoms with van der Waals surface area (Å²) >= 11 is 0. The Morgan fingerprint density at radius 1 is 0.958 bits per heavy atom. The molecule has 0 bridgehead atoms. The molecule has 0 amide bonds. The second-order valence-corrected chi connectivity index (χ2v) is 5.25. The van der Waals surface area contributed by atoms with Gasteiger partial charge in [-0.1, -0.05) is 12.8 Å². The molecule has 0 saturated carbocycles. The maximum Gasteiger partial charge on any atom is 0.305 e. The van der Waals surface area contributed by atoms with E-state index in [1.807, 2.05) is 11.8 Å². The van der Waals surface area contributed by atoms with Crippen molar-refractivity contribution in [3.63, 3.8) is 0 Å². The Morgan fingerprint density at radius 2 is 1.58 bits per heavy atom. The average Bonchev–Trinajstić information content (AvgIpc) is 2.63. The molecule has 0 radical (unpaired) electrons. The van der Waals surface area contributed by atoms with Gasteiger partial charge < -0.3 is 9.64 Å². The zero-order chi connectivity index (χ0) is 17.0. The lowest BCUT2D eigenvalue weighted by atomic mass is 10.1. The van der Waals surface area contributed by atoms with E-state index >= 15 is 0 Å². The van der Waals surface area contributed by atoms with Gasteiger partial charge in [0.1, 0.15) is 0 Å². The van der Waals surface area contributed by atoms with Crippen LogP contribution in [0.5, 0.6) is 0 Å². The predicted octanol–water partition coefficient (Wildman–Crippen LogP) is 2.92. The highest BCUT2D eigenvalue weighted by Gasteiger charge is 2.11. The summed E-state index contributed by atoms with van der Waals surface area (Å²) in [6.07, 6.45) is 14.4. The molecule has 0 aliphatic carbocycles. The fraction of sp³-hybridized carbons (Fsp3) is 0.471.